The first kappa shape index (κ1) is 13.8. The van der Waals surface area contributed by atoms with Gasteiger partial charge in [0.25, 0.3) is 0 Å². The summed E-state index contributed by atoms with van der Waals surface area (Å²) in [6.07, 6.45) is 16.5. The van der Waals surface area contributed by atoms with E-state index >= 15 is 0 Å². The fourth-order valence-corrected chi connectivity index (χ4v) is 10.8. The van der Waals surface area contributed by atoms with Gasteiger partial charge in [-0.15, -0.1) is 0 Å². The Bertz CT molecular complexity index is 710. The van der Waals surface area contributed by atoms with Crippen LogP contribution in [-0.4, -0.2) is 22.4 Å². The van der Waals surface area contributed by atoms with Gasteiger partial charge < -0.3 is 9.47 Å². The van der Waals surface area contributed by atoms with E-state index in [9.17, 15) is 0 Å². The Hall–Kier alpha value is -0.340. The lowest BCUT2D eigenvalue weighted by atomic mass is 9.67. The topological polar surface area (TPSA) is 25.1 Å². The number of epoxide rings is 2. The van der Waals surface area contributed by atoms with E-state index in [1.807, 2.05) is 11.1 Å². The molecule has 6 fully saturated rings. The molecule has 2 heterocycles. The molecule has 0 bridgehead atoms. The smallest absolute Gasteiger partial charge is 0.105 e. The van der Waals surface area contributed by atoms with Crippen molar-refractivity contribution in [3.8, 4) is 0 Å². The van der Waals surface area contributed by atoms with Crippen LogP contribution in [-0.2, 0) is 9.47 Å². The highest BCUT2D eigenvalue weighted by atomic mass is 16.7. The minimum Gasteiger partial charge on any atom is -0.361 e. The monoisotopic (exact) mass is 338 g/mol. The fourth-order valence-electron chi connectivity index (χ4n) is 10.8. The van der Waals surface area contributed by atoms with Crippen molar-refractivity contribution in [3.05, 3.63) is 11.1 Å². The molecule has 0 aromatic rings. The molecule has 0 amide bonds. The van der Waals surface area contributed by atoms with E-state index in [4.69, 9.17) is 9.47 Å². The summed E-state index contributed by atoms with van der Waals surface area (Å²) in [5.41, 5.74) is 5.18. The average Bonchev–Trinajstić information content (AvgIpc) is 3.39. The number of hydrogen-bond acceptors (Lipinski definition) is 2. The first-order valence-corrected chi connectivity index (χ1v) is 11.3. The quantitative estimate of drug-likeness (QED) is 0.463. The highest BCUT2D eigenvalue weighted by Crippen LogP contribution is 2.94. The molecule has 25 heavy (non-hydrogen) atoms. The van der Waals surface area contributed by atoms with E-state index in [1.54, 1.807) is 0 Å². The molecule has 8 aliphatic rings. The van der Waals surface area contributed by atoms with Gasteiger partial charge in [0.05, 0.1) is 0 Å². The van der Waals surface area contributed by atoms with Gasteiger partial charge in [-0.3, -0.25) is 0 Å². The van der Waals surface area contributed by atoms with Gasteiger partial charge in [0.2, 0.25) is 0 Å². The minimum atomic E-state index is 0.217. The number of rotatable bonds is 0. The SMILES string of the molecule is CC12C3C4=C(CCCC4)C1[C@]14CCCC[C@]1(O4)C2[C@]12CCCC[C@]31O2. The maximum absolute atomic E-state index is 6.97. The molecular formula is C23H30O2. The van der Waals surface area contributed by atoms with E-state index < -0.39 is 0 Å². The Kier molecular flexibility index (Phi) is 1.94. The highest BCUT2D eigenvalue weighted by molar-refractivity contribution is 5.57. The van der Waals surface area contributed by atoms with Crippen LogP contribution in [0.1, 0.15) is 84.0 Å². The Labute approximate surface area is 150 Å². The molecule has 134 valence electrons. The molecule has 8 rings (SSSR count). The van der Waals surface area contributed by atoms with E-state index in [0.29, 0.717) is 11.3 Å². The molecule has 0 N–H and O–H groups in total. The summed E-state index contributed by atoms with van der Waals surface area (Å²) in [5, 5.41) is 0. The summed E-state index contributed by atoms with van der Waals surface area (Å²) in [7, 11) is 0. The van der Waals surface area contributed by atoms with Crippen molar-refractivity contribution in [1.82, 2.24) is 0 Å². The van der Waals surface area contributed by atoms with Gasteiger partial charge in [-0.25, -0.2) is 0 Å². The average molecular weight is 338 g/mol. The van der Waals surface area contributed by atoms with Gasteiger partial charge >= 0.3 is 0 Å². The van der Waals surface area contributed by atoms with Gasteiger partial charge in [0, 0.05) is 17.8 Å². The predicted octanol–water partition coefficient (Wildman–Crippen LogP) is 4.92. The summed E-state index contributed by atoms with van der Waals surface area (Å²) in [6, 6.07) is 0. The van der Waals surface area contributed by atoms with Gasteiger partial charge in [0.15, 0.2) is 0 Å². The zero-order valence-corrected chi connectivity index (χ0v) is 15.5. The van der Waals surface area contributed by atoms with Crippen molar-refractivity contribution in [3.63, 3.8) is 0 Å². The minimum absolute atomic E-state index is 0.217. The standard InChI is InChI=1S/C23H30O2/c1-19-16-14-8-2-3-9-15(14)17(19)21-11-5-7-13-23(21,25-21)18(19)22-12-6-4-10-20(16,22)24-22/h16-18H,2-13H2,1H3/t16?,17?,18?,19?,20-,21+,22+,23-. The molecule has 0 aromatic heterocycles. The van der Waals surface area contributed by atoms with Crippen LogP contribution >= 0.6 is 0 Å². The first-order valence-electron chi connectivity index (χ1n) is 11.3. The van der Waals surface area contributed by atoms with Gasteiger partial charge in [0.1, 0.15) is 22.4 Å². The molecule has 6 aliphatic carbocycles. The summed E-state index contributed by atoms with van der Waals surface area (Å²) in [4.78, 5) is 0. The Morgan fingerprint density at radius 1 is 0.640 bits per heavy atom. The maximum Gasteiger partial charge on any atom is 0.105 e. The van der Waals surface area contributed by atoms with Gasteiger partial charge in [-0.2, -0.15) is 0 Å². The van der Waals surface area contributed by atoms with Gasteiger partial charge in [-0.1, -0.05) is 43.8 Å². The van der Waals surface area contributed by atoms with Crippen molar-refractivity contribution in [2.45, 2.75) is 106 Å². The number of fused-ring (bicyclic) bond motifs is 2. The second kappa shape index (κ2) is 3.53. The summed E-state index contributed by atoms with van der Waals surface area (Å²) < 4.78 is 13.9. The Morgan fingerprint density at radius 3 is 1.56 bits per heavy atom. The third-order valence-corrected chi connectivity index (χ3v) is 10.8. The summed E-state index contributed by atoms with van der Waals surface area (Å²) >= 11 is 0. The van der Waals surface area contributed by atoms with Crippen LogP contribution < -0.4 is 0 Å². The fraction of sp³-hybridized carbons (Fsp3) is 0.913. The predicted molar refractivity (Wildman–Crippen MR) is 94.1 cm³/mol. The first-order chi connectivity index (χ1) is 12.2. The van der Waals surface area contributed by atoms with Crippen molar-refractivity contribution in [2.24, 2.45) is 23.2 Å². The summed E-state index contributed by atoms with van der Waals surface area (Å²) in [6.45, 7) is 2.72. The highest BCUT2D eigenvalue weighted by Gasteiger charge is 3.01. The molecule has 4 saturated carbocycles. The molecule has 4 unspecified atom stereocenters. The Morgan fingerprint density at radius 2 is 1.08 bits per heavy atom. The molecular weight excluding hydrogens is 308 g/mol. The van der Waals surface area contributed by atoms with E-state index in [2.05, 4.69) is 6.92 Å². The second-order valence-corrected chi connectivity index (χ2v) is 11.1. The van der Waals surface area contributed by atoms with Crippen LogP contribution in [0, 0.1) is 23.2 Å². The van der Waals surface area contributed by atoms with E-state index in [1.165, 1.54) is 77.0 Å². The summed E-state index contributed by atoms with van der Waals surface area (Å²) in [5.74, 6) is 2.22. The van der Waals surface area contributed by atoms with Crippen molar-refractivity contribution in [2.75, 3.05) is 0 Å². The van der Waals surface area contributed by atoms with Crippen LogP contribution in [0.3, 0.4) is 0 Å². The van der Waals surface area contributed by atoms with E-state index in [0.717, 1.165) is 11.8 Å². The molecule has 2 heteroatoms. The van der Waals surface area contributed by atoms with Crippen molar-refractivity contribution >= 4 is 0 Å². The lowest BCUT2D eigenvalue weighted by molar-refractivity contribution is -0.0478. The van der Waals surface area contributed by atoms with Crippen molar-refractivity contribution in [1.29, 1.82) is 0 Å². The Balaban J connectivity index is 1.45. The maximum atomic E-state index is 6.97. The number of hydrogen-bond donors (Lipinski definition) is 0. The van der Waals surface area contributed by atoms with Crippen LogP contribution in [0.5, 0.6) is 0 Å². The van der Waals surface area contributed by atoms with Crippen LogP contribution in [0.25, 0.3) is 0 Å². The van der Waals surface area contributed by atoms with E-state index in [-0.39, 0.29) is 22.4 Å². The normalized spacial score (nSPS) is 67.8. The van der Waals surface area contributed by atoms with Crippen LogP contribution in [0.15, 0.2) is 11.1 Å². The molecule has 2 nitrogen and oxygen atoms in total. The number of ether oxygens (including phenoxy) is 2. The zero-order chi connectivity index (χ0) is 16.3. The second-order valence-electron chi connectivity index (χ2n) is 11.1. The zero-order valence-electron chi connectivity index (χ0n) is 15.5. The largest absolute Gasteiger partial charge is 0.361 e. The molecule has 2 aliphatic heterocycles. The molecule has 8 atom stereocenters. The molecule has 0 aromatic carbocycles. The third-order valence-electron chi connectivity index (χ3n) is 10.8. The van der Waals surface area contributed by atoms with Crippen LogP contribution in [0.2, 0.25) is 0 Å². The molecule has 0 spiro atoms. The van der Waals surface area contributed by atoms with Crippen molar-refractivity contribution < 1.29 is 9.47 Å². The third kappa shape index (κ3) is 1.01. The van der Waals surface area contributed by atoms with Gasteiger partial charge in [-0.05, 0) is 56.8 Å². The lowest BCUT2D eigenvalue weighted by Gasteiger charge is -2.41. The lowest BCUT2D eigenvalue weighted by Crippen LogP contribution is -2.43. The molecule has 0 radical (unpaired) electrons. The molecule has 2 saturated heterocycles. The van der Waals surface area contributed by atoms with Crippen LogP contribution in [0.4, 0.5) is 0 Å².